The first-order valence-electron chi connectivity index (χ1n) is 10.6. The Hall–Kier alpha value is -3.63. The summed E-state index contributed by atoms with van der Waals surface area (Å²) in [5.74, 6) is 1.64. The summed E-state index contributed by atoms with van der Waals surface area (Å²) in [6.45, 7) is 1.52. The largest absolute Gasteiger partial charge is 0.484 e. The van der Waals surface area contributed by atoms with Crippen LogP contribution in [0.4, 0.5) is 0 Å². The molecule has 0 spiro atoms. The van der Waals surface area contributed by atoms with Gasteiger partial charge in [0.25, 0.3) is 5.91 Å². The van der Waals surface area contributed by atoms with Crippen LogP contribution in [-0.4, -0.2) is 28.9 Å². The van der Waals surface area contributed by atoms with E-state index in [0.29, 0.717) is 41.8 Å². The van der Waals surface area contributed by atoms with Crippen LogP contribution >= 0.6 is 11.3 Å². The van der Waals surface area contributed by atoms with Crippen molar-refractivity contribution in [2.75, 3.05) is 13.1 Å². The topological polar surface area (TPSA) is 79.4 Å². The number of carbonyl (C=O) groups excluding carboxylic acids is 1. The maximum absolute atomic E-state index is 12.9. The highest BCUT2D eigenvalue weighted by atomic mass is 32.1. The molecule has 7 heteroatoms. The van der Waals surface area contributed by atoms with Crippen molar-refractivity contribution in [2.24, 2.45) is 0 Å². The summed E-state index contributed by atoms with van der Waals surface area (Å²) >= 11 is 1.75. The summed E-state index contributed by atoms with van der Waals surface area (Å²) in [7, 11) is 0. The summed E-state index contributed by atoms with van der Waals surface area (Å²) in [6.07, 6.45) is 1.79. The van der Waals surface area contributed by atoms with Crippen LogP contribution in [0.2, 0.25) is 0 Å². The van der Waals surface area contributed by atoms with Crippen molar-refractivity contribution < 1.29 is 13.9 Å². The van der Waals surface area contributed by atoms with Crippen molar-refractivity contribution in [3.8, 4) is 11.8 Å². The van der Waals surface area contributed by atoms with Gasteiger partial charge in [0.05, 0.1) is 20.8 Å². The van der Waals surface area contributed by atoms with E-state index in [2.05, 4.69) is 12.1 Å². The number of nitrogens with zero attached hydrogens (tertiary/aromatic N) is 3. The van der Waals surface area contributed by atoms with E-state index in [4.69, 9.17) is 19.4 Å². The normalized spacial score (nSPS) is 14.4. The van der Waals surface area contributed by atoms with Crippen LogP contribution in [0.15, 0.2) is 65.1 Å². The van der Waals surface area contributed by atoms with Gasteiger partial charge in [0, 0.05) is 19.0 Å². The van der Waals surface area contributed by atoms with Crippen LogP contribution < -0.4 is 4.74 Å². The number of hydrogen-bond acceptors (Lipinski definition) is 6. The number of para-hydroxylation sites is 2. The Morgan fingerprint density at radius 1 is 1.12 bits per heavy atom. The van der Waals surface area contributed by atoms with Gasteiger partial charge in [0.1, 0.15) is 24.2 Å². The average molecular weight is 444 g/mol. The summed E-state index contributed by atoms with van der Waals surface area (Å²) in [5.41, 5.74) is 1.51. The number of benzene rings is 2. The van der Waals surface area contributed by atoms with Crippen LogP contribution in [0.3, 0.4) is 0 Å². The van der Waals surface area contributed by atoms with Crippen LogP contribution in [0.5, 0.6) is 5.75 Å². The molecule has 32 heavy (non-hydrogen) atoms. The Morgan fingerprint density at radius 2 is 1.91 bits per heavy atom. The number of nitriles is 1. The van der Waals surface area contributed by atoms with E-state index in [9.17, 15) is 4.79 Å². The van der Waals surface area contributed by atoms with E-state index < -0.39 is 0 Å². The lowest BCUT2D eigenvalue weighted by atomic mass is 9.97. The van der Waals surface area contributed by atoms with E-state index in [1.807, 2.05) is 29.2 Å². The van der Waals surface area contributed by atoms with Gasteiger partial charge < -0.3 is 14.1 Å². The first kappa shape index (κ1) is 20.3. The quantitative estimate of drug-likeness (QED) is 0.415. The van der Waals surface area contributed by atoms with Crippen LogP contribution in [0.1, 0.15) is 45.6 Å². The Morgan fingerprint density at radius 3 is 2.72 bits per heavy atom. The zero-order valence-electron chi connectivity index (χ0n) is 17.4. The molecule has 1 fully saturated rings. The number of fused-ring (bicyclic) bond motifs is 1. The number of amides is 1. The minimum atomic E-state index is -0.101. The van der Waals surface area contributed by atoms with E-state index in [-0.39, 0.29) is 12.5 Å². The Labute approximate surface area is 189 Å². The van der Waals surface area contributed by atoms with Gasteiger partial charge in [-0.15, -0.1) is 11.3 Å². The van der Waals surface area contributed by atoms with Crippen molar-refractivity contribution in [3.63, 3.8) is 0 Å². The third kappa shape index (κ3) is 4.10. The average Bonchev–Trinajstić information content (AvgIpc) is 3.50. The van der Waals surface area contributed by atoms with Gasteiger partial charge >= 0.3 is 0 Å². The van der Waals surface area contributed by atoms with Crippen LogP contribution in [0.25, 0.3) is 10.2 Å². The highest BCUT2D eigenvalue weighted by Gasteiger charge is 2.28. The number of hydrogen-bond donors (Lipinski definition) is 0. The maximum Gasteiger partial charge on any atom is 0.289 e. The first-order chi connectivity index (χ1) is 15.7. The molecule has 0 aliphatic carbocycles. The molecule has 0 radical (unpaired) electrons. The Balaban J connectivity index is 1.18. The minimum Gasteiger partial charge on any atom is -0.484 e. The number of ether oxygens (including phenoxy) is 1. The molecular weight excluding hydrogens is 422 g/mol. The highest BCUT2D eigenvalue weighted by Crippen LogP contribution is 2.34. The van der Waals surface area contributed by atoms with E-state index >= 15 is 0 Å². The molecule has 5 rings (SSSR count). The van der Waals surface area contributed by atoms with Crippen molar-refractivity contribution in [3.05, 3.63) is 82.8 Å². The van der Waals surface area contributed by atoms with Crippen molar-refractivity contribution in [2.45, 2.75) is 25.4 Å². The van der Waals surface area contributed by atoms with Crippen LogP contribution in [0, 0.1) is 11.3 Å². The molecule has 2 aromatic carbocycles. The lowest BCUT2D eigenvalue weighted by Crippen LogP contribution is -2.37. The van der Waals surface area contributed by atoms with Gasteiger partial charge in [0.15, 0.2) is 5.76 Å². The van der Waals surface area contributed by atoms with Crippen molar-refractivity contribution in [1.82, 2.24) is 9.88 Å². The predicted octanol–water partition coefficient (Wildman–Crippen LogP) is 5.36. The van der Waals surface area contributed by atoms with Crippen molar-refractivity contribution >= 4 is 27.5 Å². The molecule has 160 valence electrons. The molecule has 0 N–H and O–H groups in total. The van der Waals surface area contributed by atoms with E-state index in [0.717, 1.165) is 23.4 Å². The molecular formula is C25H21N3O3S. The lowest BCUT2D eigenvalue weighted by molar-refractivity contribution is 0.0676. The highest BCUT2D eigenvalue weighted by molar-refractivity contribution is 7.18. The molecule has 3 heterocycles. The molecule has 6 nitrogen and oxygen atoms in total. The molecule has 0 unspecified atom stereocenters. The maximum atomic E-state index is 12.9. The van der Waals surface area contributed by atoms with Gasteiger partial charge in [-0.3, -0.25) is 4.79 Å². The van der Waals surface area contributed by atoms with Gasteiger partial charge in [-0.1, -0.05) is 24.3 Å². The third-order valence-corrected chi connectivity index (χ3v) is 6.89. The molecule has 1 aliphatic heterocycles. The Kier molecular flexibility index (Phi) is 5.61. The molecule has 0 bridgehead atoms. The van der Waals surface area contributed by atoms with Gasteiger partial charge in [-0.25, -0.2) is 4.98 Å². The monoisotopic (exact) mass is 443 g/mol. The number of thiazole rings is 1. The van der Waals surface area contributed by atoms with Gasteiger partial charge in [-0.2, -0.15) is 5.26 Å². The summed E-state index contributed by atoms with van der Waals surface area (Å²) in [6, 6.07) is 20.8. The number of rotatable bonds is 5. The SMILES string of the molecule is N#Cc1ccccc1OCc1ccc(C(=O)N2CCC(c3nc4ccccc4s3)CC2)o1. The number of piperidine rings is 1. The molecule has 1 amide bonds. The molecule has 1 saturated heterocycles. The fraction of sp³-hybridized carbons (Fsp3) is 0.240. The predicted molar refractivity (Wildman–Crippen MR) is 122 cm³/mol. The second kappa shape index (κ2) is 8.85. The lowest BCUT2D eigenvalue weighted by Gasteiger charge is -2.30. The fourth-order valence-corrected chi connectivity index (χ4v) is 5.09. The number of aromatic nitrogens is 1. The van der Waals surface area contributed by atoms with E-state index in [1.165, 1.54) is 4.70 Å². The first-order valence-corrected chi connectivity index (χ1v) is 11.4. The summed E-state index contributed by atoms with van der Waals surface area (Å²) in [5, 5.41) is 10.3. The smallest absolute Gasteiger partial charge is 0.289 e. The number of carbonyl (C=O) groups is 1. The second-order valence-electron chi connectivity index (χ2n) is 7.75. The van der Waals surface area contributed by atoms with Crippen LogP contribution in [-0.2, 0) is 6.61 Å². The van der Waals surface area contributed by atoms with Crippen molar-refractivity contribution in [1.29, 1.82) is 5.26 Å². The third-order valence-electron chi connectivity index (χ3n) is 5.69. The molecule has 4 aromatic rings. The molecule has 2 aromatic heterocycles. The standard InChI is InChI=1S/C25H21N3O3S/c26-15-18-5-1-3-7-21(18)30-16-19-9-10-22(31-19)25(29)28-13-11-17(12-14-28)24-27-20-6-2-4-8-23(20)32-24/h1-10,17H,11-14,16H2. The minimum absolute atomic E-state index is 0.101. The van der Waals surface area contributed by atoms with Gasteiger partial charge in [-0.05, 0) is 49.2 Å². The zero-order chi connectivity index (χ0) is 21.9. The second-order valence-corrected chi connectivity index (χ2v) is 8.81. The zero-order valence-corrected chi connectivity index (χ0v) is 18.2. The number of likely N-dealkylation sites (tertiary alicyclic amines) is 1. The fourth-order valence-electron chi connectivity index (χ4n) is 3.95. The van der Waals surface area contributed by atoms with Gasteiger partial charge in [0.2, 0.25) is 0 Å². The Bertz CT molecular complexity index is 1260. The molecule has 0 saturated carbocycles. The number of furan rings is 1. The van der Waals surface area contributed by atoms with E-state index in [1.54, 1.807) is 41.7 Å². The molecule has 0 atom stereocenters. The summed E-state index contributed by atoms with van der Waals surface area (Å²) < 4.78 is 12.6. The summed E-state index contributed by atoms with van der Waals surface area (Å²) in [4.78, 5) is 19.5. The molecule has 1 aliphatic rings.